The molecule has 1 aromatic carbocycles. The Kier molecular flexibility index (Phi) is 6.37. The molecule has 9 heteroatoms. The summed E-state index contributed by atoms with van der Waals surface area (Å²) in [5.74, 6) is -2.58. The lowest BCUT2D eigenvalue weighted by atomic mass is 10.0. The Labute approximate surface area is 180 Å². The van der Waals surface area contributed by atoms with Gasteiger partial charge in [0.25, 0.3) is 0 Å². The van der Waals surface area contributed by atoms with E-state index in [9.17, 15) is 13.6 Å². The molecule has 1 unspecified atom stereocenters. The Morgan fingerprint density at radius 2 is 2.10 bits per heavy atom. The highest BCUT2D eigenvalue weighted by atomic mass is 19.3. The van der Waals surface area contributed by atoms with Gasteiger partial charge in [-0.25, -0.2) is 18.6 Å². The molecule has 1 atom stereocenters. The fourth-order valence-corrected chi connectivity index (χ4v) is 4.62. The topological polar surface area (TPSA) is 77.2 Å². The van der Waals surface area contributed by atoms with Gasteiger partial charge in [0.2, 0.25) is 5.92 Å². The van der Waals surface area contributed by atoms with Gasteiger partial charge in [-0.2, -0.15) is 5.26 Å². The van der Waals surface area contributed by atoms with Crippen LogP contribution in [0.25, 0.3) is 11.0 Å². The van der Waals surface area contributed by atoms with Gasteiger partial charge >= 0.3 is 6.03 Å². The second-order valence-corrected chi connectivity index (χ2v) is 8.48. The van der Waals surface area contributed by atoms with Gasteiger partial charge in [0.15, 0.2) is 0 Å². The number of anilines is 1. The van der Waals surface area contributed by atoms with Crippen molar-refractivity contribution in [2.75, 3.05) is 44.2 Å². The van der Waals surface area contributed by atoms with Crippen LogP contribution in [-0.4, -0.2) is 65.7 Å². The maximum Gasteiger partial charge on any atom is 0.327 e. The first kappa shape index (κ1) is 21.5. The van der Waals surface area contributed by atoms with Crippen molar-refractivity contribution in [2.45, 2.75) is 38.0 Å². The van der Waals surface area contributed by atoms with Gasteiger partial charge in [0.05, 0.1) is 17.3 Å². The Morgan fingerprint density at radius 3 is 2.81 bits per heavy atom. The minimum atomic E-state index is -2.55. The molecule has 31 heavy (non-hydrogen) atoms. The van der Waals surface area contributed by atoms with Gasteiger partial charge in [0.1, 0.15) is 11.8 Å². The summed E-state index contributed by atoms with van der Waals surface area (Å²) in [7, 11) is 0. The van der Waals surface area contributed by atoms with Crippen molar-refractivity contribution in [3.63, 3.8) is 0 Å². The van der Waals surface area contributed by atoms with E-state index >= 15 is 0 Å². The number of piperazine rings is 1. The molecule has 2 heterocycles. The number of nitrogens with one attached hydrogen (secondary N) is 1. The standard InChI is InChI=1S/C22H28F2N6O/c23-22(24)7-5-17(15-22)6-9-26-21(31)30-16-27-20-18(3-1-4-19(20)30)29-13-11-28(12-14-29)10-2-8-25/h1,3-4,16-17H,2,5-7,9-15H2,(H,26,31). The van der Waals surface area contributed by atoms with Crippen LogP contribution in [0.3, 0.4) is 0 Å². The van der Waals surface area contributed by atoms with Crippen molar-refractivity contribution < 1.29 is 13.6 Å². The van der Waals surface area contributed by atoms with Gasteiger partial charge in [-0.1, -0.05) is 6.07 Å². The van der Waals surface area contributed by atoms with Crippen molar-refractivity contribution in [3.8, 4) is 6.07 Å². The first-order valence-electron chi connectivity index (χ1n) is 10.9. The Hall–Kier alpha value is -2.73. The number of hydrogen-bond donors (Lipinski definition) is 1. The zero-order valence-corrected chi connectivity index (χ0v) is 17.6. The van der Waals surface area contributed by atoms with Crippen molar-refractivity contribution in [1.82, 2.24) is 19.8 Å². The van der Waals surface area contributed by atoms with Crippen molar-refractivity contribution in [2.24, 2.45) is 5.92 Å². The summed E-state index contributed by atoms with van der Waals surface area (Å²) >= 11 is 0. The summed E-state index contributed by atoms with van der Waals surface area (Å²) in [6.45, 7) is 4.63. The van der Waals surface area contributed by atoms with Crippen LogP contribution in [0, 0.1) is 17.2 Å². The van der Waals surface area contributed by atoms with E-state index in [-0.39, 0.29) is 24.8 Å². The number of rotatable bonds is 6. The largest absolute Gasteiger partial charge is 0.367 e. The van der Waals surface area contributed by atoms with Crippen LogP contribution < -0.4 is 10.2 Å². The van der Waals surface area contributed by atoms with E-state index in [1.165, 1.54) is 10.9 Å². The zero-order valence-electron chi connectivity index (χ0n) is 17.6. The molecule has 1 aliphatic heterocycles. The monoisotopic (exact) mass is 430 g/mol. The average molecular weight is 431 g/mol. The summed E-state index contributed by atoms with van der Waals surface area (Å²) in [6, 6.07) is 7.71. The highest BCUT2D eigenvalue weighted by Gasteiger charge is 2.38. The number of nitriles is 1. The summed E-state index contributed by atoms with van der Waals surface area (Å²) in [5, 5.41) is 11.6. The van der Waals surface area contributed by atoms with Gasteiger partial charge < -0.3 is 10.2 Å². The number of fused-ring (bicyclic) bond motifs is 1. The number of carbonyl (C=O) groups excluding carboxylic acids is 1. The Morgan fingerprint density at radius 1 is 1.29 bits per heavy atom. The molecule has 166 valence electrons. The van der Waals surface area contributed by atoms with Gasteiger partial charge in [-0.05, 0) is 30.9 Å². The maximum atomic E-state index is 13.3. The normalized spacial score (nSPS) is 21.3. The third kappa shape index (κ3) is 4.96. The summed E-state index contributed by atoms with van der Waals surface area (Å²) in [4.78, 5) is 21.7. The maximum absolute atomic E-state index is 13.3. The van der Waals surface area contributed by atoms with Crippen molar-refractivity contribution >= 4 is 22.8 Å². The highest BCUT2D eigenvalue weighted by molar-refractivity contribution is 5.95. The van der Waals surface area contributed by atoms with Gasteiger partial charge in [0, 0.05) is 58.5 Å². The fraction of sp³-hybridized carbons (Fsp3) is 0.591. The molecule has 2 fully saturated rings. The molecule has 2 aromatic rings. The SMILES string of the molecule is N#CCCN1CCN(c2cccc3c2ncn3C(=O)NCCC2CCC(F)(F)C2)CC1. The fourth-order valence-electron chi connectivity index (χ4n) is 4.62. The molecule has 1 saturated carbocycles. The van der Waals surface area contributed by atoms with Gasteiger partial charge in [-0.3, -0.25) is 9.47 Å². The van der Waals surface area contributed by atoms with E-state index in [0.29, 0.717) is 25.8 Å². The van der Waals surface area contributed by atoms with Crippen LogP contribution in [0.4, 0.5) is 19.3 Å². The number of imidazole rings is 1. The van der Waals surface area contributed by atoms with E-state index in [1.54, 1.807) is 0 Å². The lowest BCUT2D eigenvalue weighted by molar-refractivity contribution is 0.00478. The lowest BCUT2D eigenvalue weighted by Crippen LogP contribution is -2.46. The molecule has 2 aliphatic rings. The molecule has 1 saturated heterocycles. The first-order chi connectivity index (χ1) is 15.0. The van der Waals surface area contributed by atoms with Crippen LogP contribution in [0.2, 0.25) is 0 Å². The van der Waals surface area contributed by atoms with Crippen molar-refractivity contribution in [3.05, 3.63) is 24.5 Å². The smallest absolute Gasteiger partial charge is 0.327 e. The number of hydrogen-bond acceptors (Lipinski definition) is 5. The molecule has 1 amide bonds. The number of aromatic nitrogens is 2. The number of para-hydroxylation sites is 1. The molecule has 1 aliphatic carbocycles. The lowest BCUT2D eigenvalue weighted by Gasteiger charge is -2.35. The molecule has 4 rings (SSSR count). The summed E-state index contributed by atoms with van der Waals surface area (Å²) in [6.07, 6.45) is 3.02. The molecule has 1 N–H and O–H groups in total. The van der Waals surface area contributed by atoms with E-state index in [0.717, 1.165) is 49.4 Å². The van der Waals surface area contributed by atoms with E-state index in [2.05, 4.69) is 26.2 Å². The number of carbonyl (C=O) groups is 1. The van der Waals surface area contributed by atoms with Crippen LogP contribution in [-0.2, 0) is 0 Å². The molecular formula is C22H28F2N6O. The Bertz CT molecular complexity index is 961. The number of benzene rings is 1. The molecule has 7 nitrogen and oxygen atoms in total. The third-order valence-corrected chi connectivity index (χ3v) is 6.36. The average Bonchev–Trinajstić information content (AvgIpc) is 3.35. The second kappa shape index (κ2) is 9.18. The summed E-state index contributed by atoms with van der Waals surface area (Å²) in [5.41, 5.74) is 2.50. The van der Waals surface area contributed by atoms with Crippen LogP contribution >= 0.6 is 0 Å². The molecule has 0 bridgehead atoms. The van der Waals surface area contributed by atoms with E-state index in [1.807, 2.05) is 18.2 Å². The summed E-state index contributed by atoms with van der Waals surface area (Å²) < 4.78 is 28.1. The number of nitrogens with zero attached hydrogens (tertiary/aromatic N) is 5. The van der Waals surface area contributed by atoms with Crippen LogP contribution in [0.5, 0.6) is 0 Å². The predicted molar refractivity (Wildman–Crippen MR) is 114 cm³/mol. The number of halogens is 2. The van der Waals surface area contributed by atoms with Gasteiger partial charge in [-0.15, -0.1) is 0 Å². The third-order valence-electron chi connectivity index (χ3n) is 6.36. The number of alkyl halides is 2. The number of amides is 1. The minimum Gasteiger partial charge on any atom is -0.367 e. The second-order valence-electron chi connectivity index (χ2n) is 8.48. The molecule has 0 spiro atoms. The van der Waals surface area contributed by atoms with E-state index in [4.69, 9.17) is 5.26 Å². The van der Waals surface area contributed by atoms with Crippen molar-refractivity contribution in [1.29, 1.82) is 5.26 Å². The molecular weight excluding hydrogens is 402 g/mol. The highest BCUT2D eigenvalue weighted by Crippen LogP contribution is 2.40. The predicted octanol–water partition coefficient (Wildman–Crippen LogP) is 3.46. The molecule has 1 aromatic heterocycles. The quantitative estimate of drug-likeness (QED) is 0.760. The first-order valence-corrected chi connectivity index (χ1v) is 10.9. The van der Waals surface area contributed by atoms with E-state index < -0.39 is 5.92 Å². The van der Waals surface area contributed by atoms with Crippen LogP contribution in [0.15, 0.2) is 24.5 Å². The molecule has 0 radical (unpaired) electrons. The minimum absolute atomic E-state index is 0.0340. The Balaban J connectivity index is 1.37. The van der Waals surface area contributed by atoms with Crippen LogP contribution in [0.1, 0.15) is 32.1 Å². The zero-order chi connectivity index (χ0) is 21.8.